The number of carbonyl (C=O) groups excluding carboxylic acids is 1. The van der Waals surface area contributed by atoms with Gasteiger partial charge in [-0.15, -0.1) is 0 Å². The minimum atomic E-state index is -3.75. The molecule has 3 heterocycles. The summed E-state index contributed by atoms with van der Waals surface area (Å²) in [7, 11) is -2.32. The molecule has 0 radical (unpaired) electrons. The van der Waals surface area contributed by atoms with Crippen LogP contribution in [-0.2, 0) is 26.3 Å². The third-order valence-electron chi connectivity index (χ3n) is 5.08. The van der Waals surface area contributed by atoms with E-state index in [0.717, 1.165) is 28.4 Å². The lowest BCUT2D eigenvalue weighted by molar-refractivity contribution is -0.125. The number of likely N-dealkylation sites (N-methyl/N-ethyl adjacent to an activating group) is 1. The number of aromatic nitrogens is 2. The summed E-state index contributed by atoms with van der Waals surface area (Å²) in [5.74, 6) is -0.293. The Balaban J connectivity index is 1.75. The standard InChI is InChI=1S/C16H27N5O4S/c1-4-21-10-13(11(2)18-21)14-8-15(20(3)26(23,24)19-14)16(22)17-9-12-6-5-7-25-12/h10,12,14-15,19H,4-9H2,1-3H3,(H,17,22). The van der Waals surface area contributed by atoms with E-state index in [-0.39, 0.29) is 12.0 Å². The summed E-state index contributed by atoms with van der Waals surface area (Å²) in [6.07, 6.45) is 4.12. The Morgan fingerprint density at radius 2 is 2.27 bits per heavy atom. The van der Waals surface area contributed by atoms with E-state index in [9.17, 15) is 13.2 Å². The van der Waals surface area contributed by atoms with E-state index < -0.39 is 22.3 Å². The number of nitrogens with zero attached hydrogens (tertiary/aromatic N) is 3. The van der Waals surface area contributed by atoms with Gasteiger partial charge in [-0.2, -0.15) is 22.5 Å². The number of aryl methyl sites for hydroxylation is 2. The normalized spacial score (nSPS) is 29.0. The largest absolute Gasteiger partial charge is 0.376 e. The number of hydrogen-bond donors (Lipinski definition) is 2. The van der Waals surface area contributed by atoms with Crippen LogP contribution in [0.1, 0.15) is 43.5 Å². The Morgan fingerprint density at radius 1 is 1.50 bits per heavy atom. The third kappa shape index (κ3) is 3.93. The second-order valence-electron chi connectivity index (χ2n) is 6.85. The molecule has 0 aromatic carbocycles. The summed E-state index contributed by atoms with van der Waals surface area (Å²) in [5, 5.41) is 7.23. The lowest BCUT2D eigenvalue weighted by Gasteiger charge is -2.36. The predicted octanol–water partition coefficient (Wildman–Crippen LogP) is 0.0862. The molecule has 10 heteroatoms. The fraction of sp³-hybridized carbons (Fsp3) is 0.750. The quantitative estimate of drug-likeness (QED) is 0.747. The molecule has 0 bridgehead atoms. The molecule has 2 fully saturated rings. The van der Waals surface area contributed by atoms with Gasteiger partial charge < -0.3 is 10.1 Å². The molecule has 0 saturated carbocycles. The molecular formula is C16H27N5O4S. The van der Waals surface area contributed by atoms with Crippen molar-refractivity contribution in [2.75, 3.05) is 20.2 Å². The summed E-state index contributed by atoms with van der Waals surface area (Å²) in [6.45, 7) is 5.64. The average Bonchev–Trinajstić information content (AvgIpc) is 3.24. The van der Waals surface area contributed by atoms with E-state index >= 15 is 0 Å². The second-order valence-corrected chi connectivity index (χ2v) is 8.61. The first-order valence-electron chi connectivity index (χ1n) is 9.00. The topological polar surface area (TPSA) is 106 Å². The highest BCUT2D eigenvalue weighted by Gasteiger charge is 2.41. The number of nitrogens with one attached hydrogen (secondary N) is 2. The van der Waals surface area contributed by atoms with Crippen molar-refractivity contribution in [1.29, 1.82) is 0 Å². The van der Waals surface area contributed by atoms with E-state index in [1.165, 1.54) is 7.05 Å². The first-order valence-corrected chi connectivity index (χ1v) is 10.4. The van der Waals surface area contributed by atoms with Crippen LogP contribution in [0.3, 0.4) is 0 Å². The highest BCUT2D eigenvalue weighted by molar-refractivity contribution is 7.87. The zero-order valence-electron chi connectivity index (χ0n) is 15.4. The van der Waals surface area contributed by atoms with Crippen molar-refractivity contribution in [1.82, 2.24) is 24.1 Å². The van der Waals surface area contributed by atoms with Crippen LogP contribution < -0.4 is 10.0 Å². The Hall–Kier alpha value is -1.49. The van der Waals surface area contributed by atoms with Gasteiger partial charge >= 0.3 is 0 Å². The maximum Gasteiger partial charge on any atom is 0.280 e. The molecular weight excluding hydrogens is 358 g/mol. The zero-order chi connectivity index (χ0) is 18.9. The lowest BCUT2D eigenvalue weighted by atomic mass is 10.00. The van der Waals surface area contributed by atoms with E-state index in [4.69, 9.17) is 4.74 Å². The Bertz CT molecular complexity index is 757. The van der Waals surface area contributed by atoms with Crippen LogP contribution in [0.2, 0.25) is 0 Å². The van der Waals surface area contributed by atoms with Crippen molar-refractivity contribution in [2.45, 2.75) is 57.8 Å². The molecule has 26 heavy (non-hydrogen) atoms. The van der Waals surface area contributed by atoms with Crippen LogP contribution in [-0.4, -0.2) is 60.8 Å². The molecule has 3 unspecified atom stereocenters. The van der Waals surface area contributed by atoms with Gasteiger partial charge in [-0.1, -0.05) is 0 Å². The van der Waals surface area contributed by atoms with Gasteiger partial charge in [0.25, 0.3) is 10.2 Å². The van der Waals surface area contributed by atoms with Gasteiger partial charge in [0.05, 0.1) is 17.8 Å². The van der Waals surface area contributed by atoms with Crippen LogP contribution in [0.25, 0.3) is 0 Å². The number of amides is 1. The fourth-order valence-electron chi connectivity index (χ4n) is 3.49. The molecule has 2 saturated heterocycles. The van der Waals surface area contributed by atoms with Crippen molar-refractivity contribution in [3.63, 3.8) is 0 Å². The number of ether oxygens (including phenoxy) is 1. The van der Waals surface area contributed by atoms with Crippen LogP contribution in [0, 0.1) is 6.92 Å². The van der Waals surface area contributed by atoms with Crippen molar-refractivity contribution < 1.29 is 17.9 Å². The maximum absolute atomic E-state index is 12.7. The number of carbonyl (C=O) groups is 1. The van der Waals surface area contributed by atoms with Crippen LogP contribution >= 0.6 is 0 Å². The highest BCUT2D eigenvalue weighted by atomic mass is 32.2. The summed E-state index contributed by atoms with van der Waals surface area (Å²) in [4.78, 5) is 12.7. The lowest BCUT2D eigenvalue weighted by Crippen LogP contribution is -2.57. The number of hydrogen-bond acceptors (Lipinski definition) is 5. The molecule has 1 amide bonds. The fourth-order valence-corrected chi connectivity index (χ4v) is 4.75. The summed E-state index contributed by atoms with van der Waals surface area (Å²) >= 11 is 0. The molecule has 0 spiro atoms. The third-order valence-corrected chi connectivity index (χ3v) is 6.68. The minimum absolute atomic E-state index is 0.0170. The molecule has 3 rings (SSSR count). The van der Waals surface area contributed by atoms with E-state index in [2.05, 4.69) is 15.1 Å². The van der Waals surface area contributed by atoms with E-state index in [0.29, 0.717) is 26.1 Å². The van der Waals surface area contributed by atoms with Crippen molar-refractivity contribution in [3.05, 3.63) is 17.5 Å². The Labute approximate surface area is 154 Å². The average molecular weight is 385 g/mol. The van der Waals surface area contributed by atoms with Crippen LogP contribution in [0.5, 0.6) is 0 Å². The van der Waals surface area contributed by atoms with E-state index in [1.807, 2.05) is 20.0 Å². The van der Waals surface area contributed by atoms with Gasteiger partial charge in [-0.25, -0.2) is 0 Å². The van der Waals surface area contributed by atoms with Crippen molar-refractivity contribution in [2.24, 2.45) is 0 Å². The molecule has 2 N–H and O–H groups in total. The SMILES string of the molecule is CCn1cc(C2CC(C(=O)NCC3CCCO3)N(C)S(=O)(=O)N2)c(C)n1. The zero-order valence-corrected chi connectivity index (χ0v) is 16.3. The van der Waals surface area contributed by atoms with Gasteiger partial charge in [0.2, 0.25) is 5.91 Å². The van der Waals surface area contributed by atoms with Crippen LogP contribution in [0.4, 0.5) is 0 Å². The first-order chi connectivity index (χ1) is 12.3. The molecule has 1 aromatic heterocycles. The van der Waals surface area contributed by atoms with Crippen molar-refractivity contribution >= 4 is 16.1 Å². The monoisotopic (exact) mass is 385 g/mol. The molecule has 3 atom stereocenters. The molecule has 9 nitrogen and oxygen atoms in total. The van der Waals surface area contributed by atoms with Gasteiger partial charge in [-0.3, -0.25) is 9.48 Å². The second kappa shape index (κ2) is 7.63. The number of rotatable bonds is 5. The molecule has 2 aliphatic heterocycles. The first kappa shape index (κ1) is 19.3. The molecule has 0 aliphatic carbocycles. The Morgan fingerprint density at radius 3 is 2.88 bits per heavy atom. The Kier molecular flexibility index (Phi) is 5.66. The molecule has 2 aliphatic rings. The summed E-state index contributed by atoms with van der Waals surface area (Å²) in [6, 6.07) is -1.24. The smallest absolute Gasteiger partial charge is 0.280 e. The van der Waals surface area contributed by atoms with Crippen LogP contribution in [0.15, 0.2) is 6.20 Å². The molecule has 146 valence electrons. The van der Waals surface area contributed by atoms with E-state index in [1.54, 1.807) is 4.68 Å². The minimum Gasteiger partial charge on any atom is -0.376 e. The summed E-state index contributed by atoms with van der Waals surface area (Å²) < 4.78 is 36.1. The predicted molar refractivity (Wildman–Crippen MR) is 95.6 cm³/mol. The maximum atomic E-state index is 12.7. The molecule has 1 aromatic rings. The van der Waals surface area contributed by atoms with Gasteiger partial charge in [0, 0.05) is 38.5 Å². The summed E-state index contributed by atoms with van der Waals surface area (Å²) in [5.41, 5.74) is 1.57. The highest BCUT2D eigenvalue weighted by Crippen LogP contribution is 2.29. The van der Waals surface area contributed by atoms with Gasteiger partial charge in [0.15, 0.2) is 0 Å². The van der Waals surface area contributed by atoms with Crippen molar-refractivity contribution in [3.8, 4) is 0 Å². The van der Waals surface area contributed by atoms with Gasteiger partial charge in [-0.05, 0) is 33.1 Å². The van der Waals surface area contributed by atoms with Gasteiger partial charge in [0.1, 0.15) is 6.04 Å².